The number of carbonyl (C=O) groups is 1. The van der Waals surface area contributed by atoms with Crippen LogP contribution in [0.3, 0.4) is 0 Å². The fraction of sp³-hybridized carbons (Fsp3) is 0.235. The molecule has 0 saturated carbocycles. The Morgan fingerprint density at radius 3 is 2.48 bits per heavy atom. The zero-order chi connectivity index (χ0) is 15.4. The SMILES string of the molecule is CSc1ccc(Cl)c(C(=O)NC(C)c2ccc(C)cc2)c1. The van der Waals surface area contributed by atoms with E-state index in [2.05, 4.69) is 5.32 Å². The number of thioether (sulfide) groups is 1. The lowest BCUT2D eigenvalue weighted by molar-refractivity contribution is 0.0940. The summed E-state index contributed by atoms with van der Waals surface area (Å²) >= 11 is 7.72. The lowest BCUT2D eigenvalue weighted by atomic mass is 10.1. The van der Waals surface area contributed by atoms with Crippen molar-refractivity contribution in [3.05, 3.63) is 64.2 Å². The van der Waals surface area contributed by atoms with Gasteiger partial charge in [-0.15, -0.1) is 11.8 Å². The number of nitrogens with one attached hydrogen (secondary N) is 1. The second-order valence-electron chi connectivity index (χ2n) is 4.95. The monoisotopic (exact) mass is 319 g/mol. The van der Waals surface area contributed by atoms with E-state index in [1.165, 1.54) is 5.56 Å². The normalized spacial score (nSPS) is 12.0. The van der Waals surface area contributed by atoms with Crippen molar-refractivity contribution in [2.75, 3.05) is 6.26 Å². The highest BCUT2D eigenvalue weighted by atomic mass is 35.5. The number of carbonyl (C=O) groups excluding carboxylic acids is 1. The fourth-order valence-corrected chi connectivity index (χ4v) is 2.66. The van der Waals surface area contributed by atoms with Gasteiger partial charge < -0.3 is 5.32 Å². The van der Waals surface area contributed by atoms with Crippen LogP contribution in [0.1, 0.15) is 34.5 Å². The zero-order valence-electron chi connectivity index (χ0n) is 12.3. The molecule has 0 saturated heterocycles. The third kappa shape index (κ3) is 4.02. The van der Waals surface area contributed by atoms with Gasteiger partial charge in [-0.05, 0) is 43.9 Å². The third-order valence-corrected chi connectivity index (χ3v) is 4.40. The van der Waals surface area contributed by atoms with Gasteiger partial charge >= 0.3 is 0 Å². The van der Waals surface area contributed by atoms with Crippen LogP contribution in [-0.4, -0.2) is 12.2 Å². The lowest BCUT2D eigenvalue weighted by Crippen LogP contribution is -2.26. The van der Waals surface area contributed by atoms with Gasteiger partial charge in [-0.1, -0.05) is 41.4 Å². The highest BCUT2D eigenvalue weighted by Crippen LogP contribution is 2.24. The first-order chi connectivity index (χ1) is 10.0. The minimum Gasteiger partial charge on any atom is -0.345 e. The van der Waals surface area contributed by atoms with Crippen molar-refractivity contribution in [1.82, 2.24) is 5.32 Å². The molecule has 0 aliphatic rings. The molecule has 1 N–H and O–H groups in total. The van der Waals surface area contributed by atoms with Crippen LogP contribution >= 0.6 is 23.4 Å². The number of halogens is 1. The average Bonchev–Trinajstić information content (AvgIpc) is 2.48. The van der Waals surface area contributed by atoms with Crippen LogP contribution in [0.5, 0.6) is 0 Å². The van der Waals surface area contributed by atoms with E-state index in [0.29, 0.717) is 10.6 Å². The molecule has 4 heteroatoms. The van der Waals surface area contributed by atoms with Gasteiger partial charge in [0.05, 0.1) is 16.6 Å². The molecule has 0 heterocycles. The minimum atomic E-state index is -0.149. The van der Waals surface area contributed by atoms with Crippen LogP contribution < -0.4 is 5.32 Å². The summed E-state index contributed by atoms with van der Waals surface area (Å²) in [6.45, 7) is 4.01. The molecule has 1 amide bonds. The van der Waals surface area contributed by atoms with Gasteiger partial charge in [0, 0.05) is 4.90 Å². The number of hydrogen-bond acceptors (Lipinski definition) is 2. The number of amides is 1. The highest BCUT2D eigenvalue weighted by Gasteiger charge is 2.14. The molecule has 110 valence electrons. The molecule has 21 heavy (non-hydrogen) atoms. The van der Waals surface area contributed by atoms with Crippen LogP contribution in [0.25, 0.3) is 0 Å². The molecule has 1 atom stereocenters. The smallest absolute Gasteiger partial charge is 0.253 e. The number of hydrogen-bond donors (Lipinski definition) is 1. The molecule has 0 aliphatic carbocycles. The molecule has 0 aromatic heterocycles. The summed E-state index contributed by atoms with van der Waals surface area (Å²) in [6.07, 6.45) is 1.97. The van der Waals surface area contributed by atoms with Crippen LogP contribution in [0, 0.1) is 6.92 Å². The van der Waals surface area contributed by atoms with E-state index in [1.807, 2.05) is 56.5 Å². The van der Waals surface area contributed by atoms with E-state index in [1.54, 1.807) is 17.8 Å². The topological polar surface area (TPSA) is 29.1 Å². The van der Waals surface area contributed by atoms with Crippen molar-refractivity contribution in [2.45, 2.75) is 24.8 Å². The van der Waals surface area contributed by atoms with Crippen molar-refractivity contribution < 1.29 is 4.79 Å². The molecule has 2 aromatic rings. The molecule has 0 spiro atoms. The van der Waals surface area contributed by atoms with Crippen molar-refractivity contribution in [3.8, 4) is 0 Å². The molecular formula is C17H18ClNOS. The fourth-order valence-electron chi connectivity index (χ4n) is 2.02. The van der Waals surface area contributed by atoms with Crippen molar-refractivity contribution >= 4 is 29.3 Å². The van der Waals surface area contributed by atoms with Gasteiger partial charge in [0.2, 0.25) is 0 Å². The van der Waals surface area contributed by atoms with E-state index < -0.39 is 0 Å². The maximum Gasteiger partial charge on any atom is 0.253 e. The van der Waals surface area contributed by atoms with Gasteiger partial charge in [-0.3, -0.25) is 4.79 Å². The number of benzene rings is 2. The van der Waals surface area contributed by atoms with Crippen LogP contribution in [0.4, 0.5) is 0 Å². The predicted octanol–water partition coefficient (Wildman–Crippen LogP) is 4.86. The Hall–Kier alpha value is -1.45. The van der Waals surface area contributed by atoms with Crippen LogP contribution in [0.15, 0.2) is 47.4 Å². The minimum absolute atomic E-state index is 0.0629. The molecule has 0 bridgehead atoms. The average molecular weight is 320 g/mol. The lowest BCUT2D eigenvalue weighted by Gasteiger charge is -2.15. The Kier molecular flexibility index (Phi) is 5.32. The van der Waals surface area contributed by atoms with Crippen LogP contribution in [-0.2, 0) is 0 Å². The summed E-state index contributed by atoms with van der Waals surface area (Å²) in [5, 5.41) is 3.46. The van der Waals surface area contributed by atoms with Crippen molar-refractivity contribution in [2.24, 2.45) is 0 Å². The molecule has 2 rings (SSSR count). The highest BCUT2D eigenvalue weighted by molar-refractivity contribution is 7.98. The molecule has 2 nitrogen and oxygen atoms in total. The van der Waals surface area contributed by atoms with E-state index in [0.717, 1.165) is 10.5 Å². The summed E-state index contributed by atoms with van der Waals surface area (Å²) < 4.78 is 0. The molecule has 0 fully saturated rings. The van der Waals surface area contributed by atoms with E-state index in [9.17, 15) is 4.79 Å². The van der Waals surface area contributed by atoms with Gasteiger partial charge in [0.25, 0.3) is 5.91 Å². The van der Waals surface area contributed by atoms with Crippen molar-refractivity contribution in [3.63, 3.8) is 0 Å². The maximum absolute atomic E-state index is 12.4. The molecule has 0 aliphatic heterocycles. The maximum atomic E-state index is 12.4. The first kappa shape index (κ1) is 15.9. The Morgan fingerprint density at radius 2 is 1.86 bits per heavy atom. The number of rotatable bonds is 4. The second-order valence-corrected chi connectivity index (χ2v) is 6.24. The van der Waals surface area contributed by atoms with Crippen molar-refractivity contribution in [1.29, 1.82) is 0 Å². The summed E-state index contributed by atoms with van der Waals surface area (Å²) in [5.41, 5.74) is 2.79. The summed E-state index contributed by atoms with van der Waals surface area (Å²) in [5.74, 6) is -0.149. The predicted molar refractivity (Wildman–Crippen MR) is 90.3 cm³/mol. The van der Waals surface area contributed by atoms with Gasteiger partial charge in [0.1, 0.15) is 0 Å². The second kappa shape index (κ2) is 7.01. The molecular weight excluding hydrogens is 302 g/mol. The summed E-state index contributed by atoms with van der Waals surface area (Å²) in [7, 11) is 0. The Labute approximate surface area is 134 Å². The van der Waals surface area contributed by atoms with E-state index >= 15 is 0 Å². The summed E-state index contributed by atoms with van der Waals surface area (Å²) in [6, 6.07) is 13.6. The standard InChI is InChI=1S/C17H18ClNOS/c1-11-4-6-13(7-5-11)12(2)19-17(20)15-10-14(21-3)8-9-16(15)18/h4-10,12H,1-3H3,(H,19,20). The van der Waals surface area contributed by atoms with E-state index in [4.69, 9.17) is 11.6 Å². The third-order valence-electron chi connectivity index (χ3n) is 3.34. The Morgan fingerprint density at radius 1 is 1.19 bits per heavy atom. The molecule has 2 aromatic carbocycles. The summed E-state index contributed by atoms with van der Waals surface area (Å²) in [4.78, 5) is 13.4. The molecule has 0 radical (unpaired) electrons. The first-order valence-electron chi connectivity index (χ1n) is 6.72. The molecule has 1 unspecified atom stereocenters. The zero-order valence-corrected chi connectivity index (χ0v) is 13.9. The van der Waals surface area contributed by atoms with Gasteiger partial charge in [-0.2, -0.15) is 0 Å². The van der Waals surface area contributed by atoms with E-state index in [-0.39, 0.29) is 11.9 Å². The quantitative estimate of drug-likeness (QED) is 0.815. The van der Waals surface area contributed by atoms with Gasteiger partial charge in [0.15, 0.2) is 0 Å². The Bertz CT molecular complexity index is 640. The van der Waals surface area contributed by atoms with Gasteiger partial charge in [-0.25, -0.2) is 0 Å². The first-order valence-corrected chi connectivity index (χ1v) is 8.32. The largest absolute Gasteiger partial charge is 0.345 e. The number of aryl methyl sites for hydroxylation is 1. The van der Waals surface area contributed by atoms with Crippen LogP contribution in [0.2, 0.25) is 5.02 Å². The Balaban J connectivity index is 2.15.